The van der Waals surface area contributed by atoms with Crippen LogP contribution in [0.3, 0.4) is 0 Å². The predicted molar refractivity (Wildman–Crippen MR) is 117 cm³/mol. The molecule has 0 aliphatic heterocycles. The first-order chi connectivity index (χ1) is 13.2. The van der Waals surface area contributed by atoms with Crippen molar-refractivity contribution in [3.63, 3.8) is 0 Å². The van der Waals surface area contributed by atoms with Gasteiger partial charge in [0.25, 0.3) is 0 Å². The van der Waals surface area contributed by atoms with Gasteiger partial charge in [-0.25, -0.2) is 0 Å². The number of ether oxygens (including phenoxy) is 1. The first-order valence-corrected chi connectivity index (χ1v) is 13.1. The summed E-state index contributed by atoms with van der Waals surface area (Å²) in [6.07, 6.45) is 8.50. The Hall–Kier alpha value is 0.240. The fourth-order valence-electron chi connectivity index (χ4n) is 1.83. The lowest BCUT2D eigenvalue weighted by Gasteiger charge is -2.22. The third-order valence-electron chi connectivity index (χ3n) is 3.53. The molecular weight excluding hydrogens is 382 g/mol. The van der Waals surface area contributed by atoms with E-state index in [4.69, 9.17) is 22.8 Å². The average Bonchev–Trinajstić information content (AvgIpc) is 2.67. The van der Waals surface area contributed by atoms with E-state index < -0.39 is 16.8 Å². The Morgan fingerprint density at radius 2 is 1.04 bits per heavy atom. The molecule has 0 rings (SSSR count). The van der Waals surface area contributed by atoms with Crippen molar-refractivity contribution in [2.75, 3.05) is 33.0 Å². The highest BCUT2D eigenvalue weighted by Gasteiger charge is 2.22. The van der Waals surface area contributed by atoms with E-state index in [2.05, 4.69) is 27.7 Å². The smallest absolute Gasteiger partial charge is 0.242 e. The first-order valence-electron chi connectivity index (χ1n) is 10.7. The maximum Gasteiger partial charge on any atom is 0.242 e. The van der Waals surface area contributed by atoms with Crippen molar-refractivity contribution in [3.8, 4) is 0 Å². The minimum absolute atomic E-state index is 0.575. The van der Waals surface area contributed by atoms with Gasteiger partial charge in [0.15, 0.2) is 5.50 Å². The summed E-state index contributed by atoms with van der Waals surface area (Å²) in [5.74, 6) is 1.98. The van der Waals surface area contributed by atoms with Crippen LogP contribution in [0.2, 0.25) is 0 Å². The maximum absolute atomic E-state index is 6.04. The highest BCUT2D eigenvalue weighted by Crippen LogP contribution is 2.53. The quantitative estimate of drug-likeness (QED) is 0.114. The van der Waals surface area contributed by atoms with Gasteiger partial charge in [0.2, 0.25) is 16.8 Å². The SMILES string of the molecule is CCCCOP(/C=C(\OCC)P(OCCCC)OCCCC)OCCCC. The minimum Gasteiger partial charge on any atom is -0.488 e. The van der Waals surface area contributed by atoms with Crippen LogP contribution in [-0.4, -0.2) is 33.0 Å². The van der Waals surface area contributed by atoms with Gasteiger partial charge in [-0.2, -0.15) is 0 Å². The fraction of sp³-hybridized carbons (Fsp3) is 0.900. The summed E-state index contributed by atoms with van der Waals surface area (Å²) in [6.45, 7) is 14.0. The van der Waals surface area contributed by atoms with Crippen molar-refractivity contribution < 1.29 is 22.8 Å². The molecule has 0 aromatic heterocycles. The van der Waals surface area contributed by atoms with Gasteiger partial charge >= 0.3 is 0 Å². The second-order valence-electron chi connectivity index (χ2n) is 6.19. The number of rotatable bonds is 20. The third kappa shape index (κ3) is 15.8. The van der Waals surface area contributed by atoms with Crippen LogP contribution in [-0.2, 0) is 22.8 Å². The van der Waals surface area contributed by atoms with Crippen LogP contribution in [0.25, 0.3) is 0 Å². The zero-order valence-electron chi connectivity index (χ0n) is 18.2. The summed E-state index contributed by atoms with van der Waals surface area (Å²) in [6, 6.07) is 0. The van der Waals surface area contributed by atoms with Crippen LogP contribution in [0, 0.1) is 0 Å². The molecule has 162 valence electrons. The zero-order valence-corrected chi connectivity index (χ0v) is 20.0. The second-order valence-corrected chi connectivity index (χ2v) is 9.01. The van der Waals surface area contributed by atoms with Crippen molar-refractivity contribution in [2.24, 2.45) is 0 Å². The van der Waals surface area contributed by atoms with Gasteiger partial charge < -0.3 is 22.8 Å². The number of unbranched alkanes of at least 4 members (excludes halogenated alkanes) is 4. The van der Waals surface area contributed by atoms with Gasteiger partial charge in [-0.1, -0.05) is 53.4 Å². The van der Waals surface area contributed by atoms with Crippen LogP contribution in [0.15, 0.2) is 11.3 Å². The predicted octanol–water partition coefficient (Wildman–Crippen LogP) is 7.71. The zero-order chi connectivity index (χ0) is 20.2. The largest absolute Gasteiger partial charge is 0.488 e. The Balaban J connectivity index is 5.10. The molecule has 5 nitrogen and oxygen atoms in total. The van der Waals surface area contributed by atoms with Crippen molar-refractivity contribution in [1.82, 2.24) is 0 Å². The van der Waals surface area contributed by atoms with E-state index in [1.54, 1.807) is 0 Å². The van der Waals surface area contributed by atoms with Crippen molar-refractivity contribution in [3.05, 3.63) is 11.3 Å². The molecule has 0 radical (unpaired) electrons. The molecule has 0 aromatic carbocycles. The summed E-state index contributed by atoms with van der Waals surface area (Å²) < 4.78 is 30.0. The number of hydrogen-bond acceptors (Lipinski definition) is 5. The van der Waals surface area contributed by atoms with Crippen LogP contribution >= 0.6 is 16.8 Å². The summed E-state index contributed by atoms with van der Waals surface area (Å²) in [5.41, 5.74) is 0.749. The van der Waals surface area contributed by atoms with Gasteiger partial charge in [0, 0.05) is 5.82 Å². The molecular formula is C20H42O5P2. The van der Waals surface area contributed by atoms with Crippen LogP contribution in [0.1, 0.15) is 86.0 Å². The Morgan fingerprint density at radius 1 is 0.630 bits per heavy atom. The van der Waals surface area contributed by atoms with Crippen molar-refractivity contribution in [1.29, 1.82) is 0 Å². The molecule has 0 aliphatic rings. The van der Waals surface area contributed by atoms with Crippen molar-refractivity contribution >= 4 is 16.8 Å². The van der Waals surface area contributed by atoms with E-state index in [1.807, 2.05) is 12.7 Å². The molecule has 27 heavy (non-hydrogen) atoms. The second kappa shape index (κ2) is 21.0. The molecule has 0 saturated carbocycles. The van der Waals surface area contributed by atoms with Gasteiger partial charge in [0.05, 0.1) is 33.0 Å². The molecule has 0 N–H and O–H groups in total. The molecule has 0 heterocycles. The first kappa shape index (κ1) is 27.2. The van der Waals surface area contributed by atoms with E-state index in [-0.39, 0.29) is 0 Å². The molecule has 0 aromatic rings. The lowest BCUT2D eigenvalue weighted by Crippen LogP contribution is -2.02. The Kier molecular flexibility index (Phi) is 21.1. The van der Waals surface area contributed by atoms with Crippen LogP contribution in [0.4, 0.5) is 0 Å². The number of hydrogen-bond donors (Lipinski definition) is 0. The molecule has 0 fully saturated rings. The fourth-order valence-corrected chi connectivity index (χ4v) is 4.74. The van der Waals surface area contributed by atoms with Gasteiger partial charge in [-0.05, 0) is 32.6 Å². The van der Waals surface area contributed by atoms with Gasteiger partial charge in [-0.15, -0.1) is 0 Å². The van der Waals surface area contributed by atoms with Gasteiger partial charge in [-0.3, -0.25) is 0 Å². The average molecular weight is 424 g/mol. The minimum atomic E-state index is -1.23. The lowest BCUT2D eigenvalue weighted by molar-refractivity contribution is 0.202. The Morgan fingerprint density at radius 3 is 1.41 bits per heavy atom. The van der Waals surface area contributed by atoms with E-state index in [0.29, 0.717) is 33.0 Å². The van der Waals surface area contributed by atoms with Crippen LogP contribution < -0.4 is 0 Å². The van der Waals surface area contributed by atoms with E-state index in [1.165, 1.54) is 0 Å². The van der Waals surface area contributed by atoms with Crippen LogP contribution in [0.5, 0.6) is 0 Å². The lowest BCUT2D eigenvalue weighted by atomic mass is 10.4. The molecule has 0 atom stereocenters. The van der Waals surface area contributed by atoms with Crippen molar-refractivity contribution in [2.45, 2.75) is 86.0 Å². The molecule has 0 spiro atoms. The molecule has 0 bridgehead atoms. The molecule has 0 saturated heterocycles. The summed E-state index contributed by atoms with van der Waals surface area (Å²) in [4.78, 5) is 0. The standard InChI is InChI=1S/C20H42O5P2/c1-6-11-15-22-26(23-16-12-7-2)19-20(21-10-5)27(24-17-13-8-3)25-18-14-9-4/h19H,6-18H2,1-5H3/b20-19+. The molecule has 7 heteroatoms. The van der Waals surface area contributed by atoms with Gasteiger partial charge in [0.1, 0.15) is 0 Å². The summed E-state index contributed by atoms with van der Waals surface area (Å²) >= 11 is 0. The highest BCUT2D eigenvalue weighted by atomic mass is 31.2. The maximum atomic E-state index is 6.04. The monoisotopic (exact) mass is 424 g/mol. The third-order valence-corrected chi connectivity index (χ3v) is 6.51. The Bertz CT molecular complexity index is 322. The molecule has 0 aliphatic carbocycles. The van der Waals surface area contributed by atoms with E-state index in [9.17, 15) is 0 Å². The Labute approximate surface area is 170 Å². The molecule has 0 amide bonds. The molecule has 0 unspecified atom stereocenters. The van der Waals surface area contributed by atoms with E-state index >= 15 is 0 Å². The van der Waals surface area contributed by atoms with E-state index in [0.717, 1.165) is 56.9 Å². The normalized spacial score (nSPS) is 12.3. The summed E-state index contributed by atoms with van der Waals surface area (Å²) in [7, 11) is -2.36. The highest BCUT2D eigenvalue weighted by molar-refractivity contribution is 7.55. The topological polar surface area (TPSA) is 46.2 Å². The summed E-state index contributed by atoms with van der Waals surface area (Å²) in [5, 5.41) is 0.